The first-order valence-corrected chi connectivity index (χ1v) is 5.67. The highest BCUT2D eigenvalue weighted by molar-refractivity contribution is 7.32. The van der Waals surface area contributed by atoms with Crippen LogP contribution in [0.4, 0.5) is 0 Å². The third-order valence-corrected chi connectivity index (χ3v) is 2.09. The lowest BCUT2D eigenvalue weighted by Gasteiger charge is -2.20. The van der Waals surface area contributed by atoms with Crippen LogP contribution in [0.25, 0.3) is 0 Å². The van der Waals surface area contributed by atoms with Gasteiger partial charge in [0, 0.05) is 4.57 Å². The van der Waals surface area contributed by atoms with E-state index in [2.05, 4.69) is 4.52 Å². The molecule has 0 radical (unpaired) electrons. The van der Waals surface area contributed by atoms with Crippen molar-refractivity contribution >= 4 is 14.2 Å². The lowest BCUT2D eigenvalue weighted by atomic mass is 10.1. The second kappa shape index (κ2) is 5.05. The molecule has 0 fully saturated rings. The highest BCUT2D eigenvalue weighted by Crippen LogP contribution is 2.24. The van der Waals surface area contributed by atoms with Crippen LogP contribution in [-0.4, -0.2) is 16.5 Å². The molecule has 1 atom stereocenters. The van der Waals surface area contributed by atoms with Gasteiger partial charge in [-0.05, 0) is 26.0 Å². The molecule has 0 aromatic heterocycles. The molecule has 0 saturated carbocycles. The highest BCUT2D eigenvalue weighted by atomic mass is 31.1. The van der Waals surface area contributed by atoms with E-state index in [1.54, 1.807) is 24.3 Å². The van der Waals surface area contributed by atoms with Crippen LogP contribution in [0, 0.1) is 0 Å². The molecule has 0 bridgehead atoms. The van der Waals surface area contributed by atoms with Crippen molar-refractivity contribution in [3.63, 3.8) is 0 Å². The molecule has 86 valence electrons. The summed E-state index contributed by atoms with van der Waals surface area (Å²) >= 11 is 0. The second-order valence-electron chi connectivity index (χ2n) is 3.54. The fraction of sp³-hybridized carbons (Fsp3) is 0.300. The SMILES string of the molecule is CC(C)(Oc1ccccc1)C(=O)O[P+](=O)O. The summed E-state index contributed by atoms with van der Waals surface area (Å²) in [5, 5.41) is 0. The number of carbonyl (C=O) groups is 1. The first-order chi connectivity index (χ1) is 7.42. The minimum atomic E-state index is -2.96. The number of ether oxygens (including phenoxy) is 1. The average Bonchev–Trinajstić information content (AvgIpc) is 2.17. The number of rotatable bonds is 4. The lowest BCUT2D eigenvalue weighted by Crippen LogP contribution is -2.38. The first-order valence-electron chi connectivity index (χ1n) is 4.54. The summed E-state index contributed by atoms with van der Waals surface area (Å²) in [5.41, 5.74) is -1.31. The summed E-state index contributed by atoms with van der Waals surface area (Å²) in [6.45, 7) is 2.92. The Morgan fingerprint density at radius 2 is 1.88 bits per heavy atom. The fourth-order valence-corrected chi connectivity index (χ4v) is 1.37. The quantitative estimate of drug-likeness (QED) is 0.819. The summed E-state index contributed by atoms with van der Waals surface area (Å²) < 4.78 is 19.9. The van der Waals surface area contributed by atoms with Gasteiger partial charge >= 0.3 is 14.2 Å². The third kappa shape index (κ3) is 3.61. The Morgan fingerprint density at radius 3 is 2.38 bits per heavy atom. The van der Waals surface area contributed by atoms with E-state index in [0.717, 1.165) is 0 Å². The molecule has 1 N–H and O–H groups in total. The van der Waals surface area contributed by atoms with E-state index in [4.69, 9.17) is 9.63 Å². The summed E-state index contributed by atoms with van der Waals surface area (Å²) in [5.74, 6) is -0.405. The van der Waals surface area contributed by atoms with Gasteiger partial charge in [0.2, 0.25) is 5.60 Å². The van der Waals surface area contributed by atoms with E-state index in [-0.39, 0.29) is 0 Å². The monoisotopic (exact) mass is 243 g/mol. The topological polar surface area (TPSA) is 72.8 Å². The molecule has 1 aromatic carbocycles. The molecule has 0 aliphatic heterocycles. The van der Waals surface area contributed by atoms with Gasteiger partial charge in [-0.3, -0.25) is 0 Å². The predicted octanol–water partition coefficient (Wildman–Crippen LogP) is 2.04. The van der Waals surface area contributed by atoms with Crippen molar-refractivity contribution in [1.82, 2.24) is 0 Å². The zero-order valence-electron chi connectivity index (χ0n) is 8.91. The van der Waals surface area contributed by atoms with E-state index >= 15 is 0 Å². The normalized spacial score (nSPS) is 11.8. The van der Waals surface area contributed by atoms with Crippen molar-refractivity contribution in [3.8, 4) is 5.75 Å². The molecule has 1 aromatic rings. The van der Waals surface area contributed by atoms with Gasteiger partial charge in [0.15, 0.2) is 0 Å². The minimum absolute atomic E-state index is 0.484. The minimum Gasteiger partial charge on any atom is -0.476 e. The number of carbonyl (C=O) groups excluding carboxylic acids is 1. The van der Waals surface area contributed by atoms with Crippen LogP contribution in [0.5, 0.6) is 5.75 Å². The van der Waals surface area contributed by atoms with Crippen LogP contribution in [-0.2, 0) is 13.9 Å². The van der Waals surface area contributed by atoms with Crippen LogP contribution in [0.1, 0.15) is 13.8 Å². The molecule has 16 heavy (non-hydrogen) atoms. The van der Waals surface area contributed by atoms with E-state index in [0.29, 0.717) is 5.75 Å². The molecule has 0 aliphatic rings. The Bertz CT molecular complexity index is 387. The van der Waals surface area contributed by atoms with Gasteiger partial charge in [0.25, 0.3) is 0 Å². The van der Waals surface area contributed by atoms with E-state index in [1.165, 1.54) is 13.8 Å². The number of benzene rings is 1. The molecule has 6 heteroatoms. The summed E-state index contributed by atoms with van der Waals surface area (Å²) in [7, 11) is -2.96. The van der Waals surface area contributed by atoms with Gasteiger partial charge in [-0.2, -0.15) is 4.52 Å². The average molecular weight is 243 g/mol. The van der Waals surface area contributed by atoms with Gasteiger partial charge < -0.3 is 4.74 Å². The van der Waals surface area contributed by atoms with Gasteiger partial charge in [0.1, 0.15) is 5.75 Å². The third-order valence-electron chi connectivity index (χ3n) is 1.77. The summed E-state index contributed by atoms with van der Waals surface area (Å²) in [6.07, 6.45) is 0. The van der Waals surface area contributed by atoms with Crippen LogP contribution in [0.3, 0.4) is 0 Å². The van der Waals surface area contributed by atoms with Crippen LogP contribution in [0.2, 0.25) is 0 Å². The second-order valence-corrected chi connectivity index (χ2v) is 4.20. The molecule has 5 nitrogen and oxygen atoms in total. The zero-order chi connectivity index (χ0) is 12.2. The summed E-state index contributed by atoms with van der Waals surface area (Å²) in [6, 6.07) is 8.66. The van der Waals surface area contributed by atoms with Crippen molar-refractivity contribution in [2.75, 3.05) is 0 Å². The lowest BCUT2D eigenvalue weighted by molar-refractivity contribution is -0.149. The molecule has 1 rings (SSSR count). The molecule has 0 spiro atoms. The zero-order valence-corrected chi connectivity index (χ0v) is 9.81. The maximum atomic E-state index is 11.4. The van der Waals surface area contributed by atoms with Crippen molar-refractivity contribution in [2.24, 2.45) is 0 Å². The van der Waals surface area contributed by atoms with E-state index in [9.17, 15) is 9.36 Å². The number of hydrogen-bond acceptors (Lipinski definition) is 4. The fourth-order valence-electron chi connectivity index (χ4n) is 1.01. The van der Waals surface area contributed by atoms with Gasteiger partial charge in [-0.15, -0.1) is 4.89 Å². The van der Waals surface area contributed by atoms with Crippen molar-refractivity contribution in [1.29, 1.82) is 0 Å². The Morgan fingerprint density at radius 1 is 1.31 bits per heavy atom. The van der Waals surface area contributed by atoms with E-state index < -0.39 is 19.8 Å². The van der Waals surface area contributed by atoms with Gasteiger partial charge in [0.05, 0.1) is 0 Å². The Labute approximate surface area is 94.0 Å². The van der Waals surface area contributed by atoms with Crippen molar-refractivity contribution in [2.45, 2.75) is 19.4 Å². The predicted molar refractivity (Wildman–Crippen MR) is 57.1 cm³/mol. The van der Waals surface area contributed by atoms with E-state index in [1.807, 2.05) is 6.07 Å². The molecule has 0 saturated heterocycles. The van der Waals surface area contributed by atoms with Gasteiger partial charge in [-0.1, -0.05) is 18.2 Å². The Kier molecular flexibility index (Phi) is 3.99. The van der Waals surface area contributed by atoms with Crippen LogP contribution in [0.15, 0.2) is 30.3 Å². The number of para-hydroxylation sites is 1. The maximum absolute atomic E-state index is 11.4. The van der Waals surface area contributed by atoms with Crippen LogP contribution < -0.4 is 4.74 Å². The Hall–Kier alpha value is -1.45. The highest BCUT2D eigenvalue weighted by Gasteiger charge is 2.38. The molecule has 0 amide bonds. The molecular formula is C10H12O5P+. The van der Waals surface area contributed by atoms with Crippen molar-refractivity contribution in [3.05, 3.63) is 30.3 Å². The smallest absolute Gasteiger partial charge is 0.476 e. The summed E-state index contributed by atoms with van der Waals surface area (Å²) in [4.78, 5) is 19.9. The molecular weight excluding hydrogens is 231 g/mol. The molecule has 0 aliphatic carbocycles. The number of hydrogen-bond donors (Lipinski definition) is 1. The first kappa shape index (κ1) is 12.6. The molecule has 1 unspecified atom stereocenters. The largest absolute Gasteiger partial charge is 0.750 e. The maximum Gasteiger partial charge on any atom is 0.750 e. The van der Waals surface area contributed by atoms with Crippen LogP contribution >= 0.6 is 8.25 Å². The standard InChI is InChI=1S/C10H11O5P/c1-10(2,9(11)15-16(12)13)14-8-6-4-3-5-7-8/h3-7H,1-2H3/p+1. The van der Waals surface area contributed by atoms with Gasteiger partial charge in [-0.25, -0.2) is 4.79 Å². The van der Waals surface area contributed by atoms with Crippen molar-refractivity contribution < 1.29 is 23.5 Å². The molecule has 0 heterocycles. The Balaban J connectivity index is 2.71.